The summed E-state index contributed by atoms with van der Waals surface area (Å²) < 4.78 is 27.6. The van der Waals surface area contributed by atoms with E-state index in [0.29, 0.717) is 17.8 Å². The molecule has 0 radical (unpaired) electrons. The Morgan fingerprint density at radius 2 is 2.06 bits per heavy atom. The molecule has 0 amide bonds. The zero-order chi connectivity index (χ0) is 12.5. The second-order valence-electron chi connectivity index (χ2n) is 3.77. The summed E-state index contributed by atoms with van der Waals surface area (Å²) in [7, 11) is -3.54. The van der Waals surface area contributed by atoms with Crippen molar-refractivity contribution < 1.29 is 13.2 Å². The van der Waals surface area contributed by atoms with Gasteiger partial charge in [-0.3, -0.25) is 9.10 Å². The van der Waals surface area contributed by atoms with E-state index in [1.807, 2.05) is 0 Å². The highest BCUT2D eigenvalue weighted by Crippen LogP contribution is 2.28. The number of rotatable bonds is 3. The molecule has 0 spiro atoms. The molecule has 1 aromatic rings. The molecular weight excluding hydrogens is 240 g/mol. The van der Waals surface area contributed by atoms with Crippen LogP contribution in [0.2, 0.25) is 0 Å². The highest BCUT2D eigenvalue weighted by molar-refractivity contribution is 7.90. The van der Waals surface area contributed by atoms with Crippen LogP contribution in [0, 0.1) is 0 Å². The van der Waals surface area contributed by atoms with E-state index in [1.54, 1.807) is 31.2 Å². The SMILES string of the molecule is CCNS(=O)(=O)N1CCC(=O)c2ccccc21. The second kappa shape index (κ2) is 4.46. The van der Waals surface area contributed by atoms with E-state index >= 15 is 0 Å². The minimum atomic E-state index is -3.54. The van der Waals surface area contributed by atoms with Gasteiger partial charge in [0.1, 0.15) is 0 Å². The molecule has 1 heterocycles. The van der Waals surface area contributed by atoms with Crippen molar-refractivity contribution in [2.24, 2.45) is 0 Å². The Morgan fingerprint density at radius 1 is 1.35 bits per heavy atom. The molecule has 1 aliphatic heterocycles. The van der Waals surface area contributed by atoms with Gasteiger partial charge < -0.3 is 0 Å². The number of ketones is 1. The lowest BCUT2D eigenvalue weighted by atomic mass is 10.0. The van der Waals surface area contributed by atoms with Gasteiger partial charge in [-0.2, -0.15) is 13.1 Å². The predicted octanol–water partition coefficient (Wildman–Crippen LogP) is 0.934. The molecule has 1 N–H and O–H groups in total. The normalized spacial score (nSPS) is 15.8. The van der Waals surface area contributed by atoms with Crippen molar-refractivity contribution in [2.45, 2.75) is 13.3 Å². The van der Waals surface area contributed by atoms with Crippen molar-refractivity contribution in [3.05, 3.63) is 29.8 Å². The number of para-hydroxylation sites is 1. The van der Waals surface area contributed by atoms with E-state index in [1.165, 1.54) is 4.31 Å². The smallest absolute Gasteiger partial charge is 0.294 e. The molecule has 0 saturated carbocycles. The maximum Gasteiger partial charge on any atom is 0.301 e. The summed E-state index contributed by atoms with van der Waals surface area (Å²) in [5.74, 6) is -0.0106. The van der Waals surface area contributed by atoms with E-state index in [-0.39, 0.29) is 18.7 Å². The average molecular weight is 254 g/mol. The van der Waals surface area contributed by atoms with Gasteiger partial charge in [0.15, 0.2) is 5.78 Å². The first-order valence-electron chi connectivity index (χ1n) is 5.46. The molecule has 0 aliphatic carbocycles. The number of Topliss-reactive ketones (excluding diaryl/α,β-unsaturated/α-hetero) is 1. The third-order valence-corrected chi connectivity index (χ3v) is 4.25. The Kier molecular flexibility index (Phi) is 3.17. The molecule has 6 heteroatoms. The number of hydrogen-bond acceptors (Lipinski definition) is 3. The zero-order valence-corrected chi connectivity index (χ0v) is 10.3. The van der Waals surface area contributed by atoms with Gasteiger partial charge in [0.05, 0.1) is 5.69 Å². The highest BCUT2D eigenvalue weighted by Gasteiger charge is 2.30. The molecule has 0 fully saturated rings. The molecule has 0 atom stereocenters. The van der Waals surface area contributed by atoms with E-state index in [0.717, 1.165) is 0 Å². The molecule has 0 aromatic heterocycles. The number of hydrogen-bond donors (Lipinski definition) is 1. The van der Waals surface area contributed by atoms with Crippen LogP contribution in [0.4, 0.5) is 5.69 Å². The summed E-state index contributed by atoms with van der Waals surface area (Å²) in [5.41, 5.74) is 0.935. The minimum Gasteiger partial charge on any atom is -0.294 e. The predicted molar refractivity (Wildman–Crippen MR) is 65.3 cm³/mol. The summed E-state index contributed by atoms with van der Waals surface area (Å²) in [4.78, 5) is 11.7. The molecule has 5 nitrogen and oxygen atoms in total. The first-order chi connectivity index (χ1) is 8.06. The van der Waals surface area contributed by atoms with Gasteiger partial charge in [0.25, 0.3) is 0 Å². The lowest BCUT2D eigenvalue weighted by Gasteiger charge is -2.29. The van der Waals surface area contributed by atoms with Crippen molar-refractivity contribution in [3.8, 4) is 0 Å². The summed E-state index contributed by atoms with van der Waals surface area (Å²) in [6, 6.07) is 6.78. The van der Waals surface area contributed by atoms with E-state index in [2.05, 4.69) is 4.72 Å². The fourth-order valence-electron chi connectivity index (χ4n) is 1.90. The van der Waals surface area contributed by atoms with Crippen molar-refractivity contribution in [1.82, 2.24) is 4.72 Å². The second-order valence-corrected chi connectivity index (χ2v) is 5.44. The molecule has 1 aromatic carbocycles. The van der Waals surface area contributed by atoms with Gasteiger partial charge >= 0.3 is 10.2 Å². The molecule has 0 unspecified atom stereocenters. The lowest BCUT2D eigenvalue weighted by molar-refractivity contribution is 0.0982. The van der Waals surface area contributed by atoms with Crippen LogP contribution in [0.1, 0.15) is 23.7 Å². The number of nitrogens with one attached hydrogen (secondary N) is 1. The van der Waals surface area contributed by atoms with E-state index in [9.17, 15) is 13.2 Å². The maximum absolute atomic E-state index is 12.0. The molecule has 92 valence electrons. The number of nitrogens with zero attached hydrogens (tertiary/aromatic N) is 1. The van der Waals surface area contributed by atoms with Crippen LogP contribution >= 0.6 is 0 Å². The third-order valence-electron chi connectivity index (χ3n) is 2.63. The van der Waals surface area contributed by atoms with Crippen molar-refractivity contribution in [2.75, 3.05) is 17.4 Å². The summed E-state index contributed by atoms with van der Waals surface area (Å²) in [6.45, 7) is 2.25. The third kappa shape index (κ3) is 2.18. The average Bonchev–Trinajstić information content (AvgIpc) is 2.29. The number of carbonyl (C=O) groups is 1. The zero-order valence-electron chi connectivity index (χ0n) is 9.51. The number of benzene rings is 1. The standard InChI is InChI=1S/C11H14N2O3S/c1-2-12-17(15,16)13-8-7-11(14)9-5-3-4-6-10(9)13/h3-6,12H,2,7-8H2,1H3. The highest BCUT2D eigenvalue weighted by atomic mass is 32.2. The minimum absolute atomic E-state index is 0.0106. The van der Waals surface area contributed by atoms with Crippen LogP contribution in [0.5, 0.6) is 0 Å². The van der Waals surface area contributed by atoms with Crippen molar-refractivity contribution in [3.63, 3.8) is 0 Å². The molecule has 0 saturated heterocycles. The lowest BCUT2D eigenvalue weighted by Crippen LogP contribution is -2.44. The first-order valence-corrected chi connectivity index (χ1v) is 6.90. The molecule has 0 bridgehead atoms. The van der Waals surface area contributed by atoms with Gasteiger partial charge in [-0.15, -0.1) is 0 Å². The molecule has 2 rings (SSSR count). The van der Waals surface area contributed by atoms with Crippen LogP contribution in [0.25, 0.3) is 0 Å². The number of fused-ring (bicyclic) bond motifs is 1. The fourth-order valence-corrected chi connectivity index (χ4v) is 3.17. The quantitative estimate of drug-likeness (QED) is 0.872. The van der Waals surface area contributed by atoms with Crippen LogP contribution in [-0.4, -0.2) is 27.3 Å². The Bertz CT molecular complexity index is 539. The topological polar surface area (TPSA) is 66.5 Å². The summed E-state index contributed by atoms with van der Waals surface area (Å²) in [5, 5.41) is 0. The Hall–Kier alpha value is -1.40. The Labute approximate surface area is 101 Å². The van der Waals surface area contributed by atoms with E-state index < -0.39 is 10.2 Å². The maximum atomic E-state index is 12.0. The van der Waals surface area contributed by atoms with Gasteiger partial charge in [0.2, 0.25) is 0 Å². The molecular formula is C11H14N2O3S. The van der Waals surface area contributed by atoms with Gasteiger partial charge in [-0.25, -0.2) is 0 Å². The van der Waals surface area contributed by atoms with Gasteiger partial charge in [-0.05, 0) is 12.1 Å². The van der Waals surface area contributed by atoms with Crippen molar-refractivity contribution in [1.29, 1.82) is 0 Å². The Balaban J connectivity index is 2.47. The number of carbonyl (C=O) groups excluding carboxylic acids is 1. The van der Waals surface area contributed by atoms with E-state index in [4.69, 9.17) is 0 Å². The Morgan fingerprint density at radius 3 is 2.76 bits per heavy atom. The molecule has 17 heavy (non-hydrogen) atoms. The summed E-state index contributed by atoms with van der Waals surface area (Å²) in [6.07, 6.45) is 0.224. The number of anilines is 1. The van der Waals surface area contributed by atoms with Gasteiger partial charge in [-0.1, -0.05) is 19.1 Å². The fraction of sp³-hybridized carbons (Fsp3) is 0.364. The molecule has 1 aliphatic rings. The van der Waals surface area contributed by atoms with Crippen LogP contribution in [-0.2, 0) is 10.2 Å². The van der Waals surface area contributed by atoms with Gasteiger partial charge in [0, 0.05) is 25.1 Å². The monoisotopic (exact) mass is 254 g/mol. The largest absolute Gasteiger partial charge is 0.301 e. The van der Waals surface area contributed by atoms with Crippen LogP contribution in [0.15, 0.2) is 24.3 Å². The summed E-state index contributed by atoms with van der Waals surface area (Å²) >= 11 is 0. The van der Waals surface area contributed by atoms with Crippen LogP contribution in [0.3, 0.4) is 0 Å². The van der Waals surface area contributed by atoms with Crippen molar-refractivity contribution >= 4 is 21.7 Å². The van der Waals surface area contributed by atoms with Crippen LogP contribution < -0.4 is 9.03 Å². The first kappa shape index (κ1) is 12.1.